The van der Waals surface area contributed by atoms with Crippen LogP contribution >= 0.6 is 24.0 Å². The first-order chi connectivity index (χ1) is 12.2. The van der Waals surface area contributed by atoms with Gasteiger partial charge in [0.05, 0.1) is 6.61 Å². The molecule has 0 radical (unpaired) electrons. The average Bonchev–Trinajstić information content (AvgIpc) is 3.13. The lowest BCUT2D eigenvalue weighted by Gasteiger charge is -2.34. The zero-order valence-electron chi connectivity index (χ0n) is 17.0. The highest BCUT2D eigenvalue weighted by atomic mass is 127. The second-order valence-electron chi connectivity index (χ2n) is 7.60. The van der Waals surface area contributed by atoms with Gasteiger partial charge in [-0.25, -0.2) is 0 Å². The molecule has 2 aliphatic rings. The predicted molar refractivity (Wildman–Crippen MR) is 121 cm³/mol. The van der Waals surface area contributed by atoms with Crippen LogP contribution in [0.5, 0.6) is 0 Å². The average molecular weight is 481 g/mol. The zero-order valence-corrected chi connectivity index (χ0v) is 19.3. The van der Waals surface area contributed by atoms with E-state index in [0.29, 0.717) is 6.04 Å². The summed E-state index contributed by atoms with van der Waals surface area (Å²) in [5.74, 6) is 1.70. The quantitative estimate of drug-likeness (QED) is 0.300. The van der Waals surface area contributed by atoms with Crippen molar-refractivity contribution in [3.63, 3.8) is 0 Å². The van der Waals surface area contributed by atoms with Crippen molar-refractivity contribution in [2.24, 2.45) is 10.9 Å². The monoisotopic (exact) mass is 481 g/mol. The third-order valence-electron chi connectivity index (χ3n) is 5.37. The van der Waals surface area contributed by atoms with Crippen molar-refractivity contribution in [2.45, 2.75) is 45.1 Å². The van der Waals surface area contributed by atoms with Crippen LogP contribution in [0.25, 0.3) is 0 Å². The fraction of sp³-hybridized carbons (Fsp3) is 0.947. The summed E-state index contributed by atoms with van der Waals surface area (Å²) in [4.78, 5) is 9.38. The third kappa shape index (κ3) is 9.19. The number of unbranched alkanes of at least 4 members (excludes halogenated alkanes) is 1. The summed E-state index contributed by atoms with van der Waals surface area (Å²) in [5.41, 5.74) is 0. The van der Waals surface area contributed by atoms with Crippen LogP contribution in [0.4, 0.5) is 0 Å². The number of aliphatic imine (C=N–C) groups is 1. The predicted octanol–water partition coefficient (Wildman–Crippen LogP) is 2.00. The summed E-state index contributed by atoms with van der Waals surface area (Å²) < 4.78 is 5.50. The van der Waals surface area contributed by atoms with E-state index in [9.17, 15) is 0 Å². The molecule has 2 fully saturated rings. The molecule has 0 aliphatic carbocycles. The Hall–Kier alpha value is -0.120. The molecule has 2 N–H and O–H groups in total. The molecular weight excluding hydrogens is 441 g/mol. The maximum Gasteiger partial charge on any atom is 0.191 e. The lowest BCUT2D eigenvalue weighted by atomic mass is 10.0. The molecule has 0 aromatic heterocycles. The molecule has 0 spiro atoms. The summed E-state index contributed by atoms with van der Waals surface area (Å²) in [7, 11) is 4.06. The van der Waals surface area contributed by atoms with Crippen LogP contribution in [-0.4, -0.2) is 88.4 Å². The van der Waals surface area contributed by atoms with Gasteiger partial charge in [0.15, 0.2) is 5.96 Å². The van der Waals surface area contributed by atoms with Gasteiger partial charge in [0.1, 0.15) is 0 Å². The summed E-state index contributed by atoms with van der Waals surface area (Å²) >= 11 is 0. The maximum absolute atomic E-state index is 5.50. The number of nitrogens with one attached hydrogen (secondary N) is 2. The number of likely N-dealkylation sites (N-methyl/N-ethyl adjacent to an activating group) is 1. The fourth-order valence-electron chi connectivity index (χ4n) is 3.65. The smallest absolute Gasteiger partial charge is 0.191 e. The minimum atomic E-state index is 0. The van der Waals surface area contributed by atoms with Crippen molar-refractivity contribution < 1.29 is 4.74 Å². The van der Waals surface area contributed by atoms with Gasteiger partial charge < -0.3 is 25.2 Å². The van der Waals surface area contributed by atoms with E-state index in [4.69, 9.17) is 4.74 Å². The number of piperidine rings is 1. The Labute approximate surface area is 177 Å². The molecule has 1 atom stereocenters. The molecule has 7 heteroatoms. The van der Waals surface area contributed by atoms with Gasteiger partial charge in [0.25, 0.3) is 0 Å². The Bertz CT molecular complexity index is 382. The Morgan fingerprint density at radius 1 is 1.23 bits per heavy atom. The minimum absolute atomic E-state index is 0. The molecule has 0 amide bonds. The highest BCUT2D eigenvalue weighted by Gasteiger charge is 2.24. The van der Waals surface area contributed by atoms with Gasteiger partial charge >= 0.3 is 0 Å². The molecule has 154 valence electrons. The first-order valence-corrected chi connectivity index (χ1v) is 10.2. The van der Waals surface area contributed by atoms with Crippen molar-refractivity contribution >= 4 is 29.9 Å². The fourth-order valence-corrected chi connectivity index (χ4v) is 3.65. The number of hydrogen-bond acceptors (Lipinski definition) is 4. The minimum Gasteiger partial charge on any atom is -0.381 e. The number of guanidine groups is 1. The molecule has 0 aromatic carbocycles. The van der Waals surface area contributed by atoms with Gasteiger partial charge in [0, 0.05) is 52.4 Å². The second-order valence-corrected chi connectivity index (χ2v) is 7.60. The van der Waals surface area contributed by atoms with Gasteiger partial charge in [-0.3, -0.25) is 4.99 Å². The van der Waals surface area contributed by atoms with Gasteiger partial charge in [-0.05, 0) is 45.2 Å². The number of hydrogen-bond donors (Lipinski definition) is 2. The second kappa shape index (κ2) is 14.0. The molecule has 2 saturated heterocycles. The standard InChI is InChI=1S/C19H39N5O.HI/c1-4-5-10-23(3)13-9-21-19(20-2)22-18-6-11-24(12-7-18)15-17-8-14-25-16-17;/h17-18H,4-16H2,1-3H3,(H2,20,21,22);1H. The first-order valence-electron chi connectivity index (χ1n) is 10.2. The molecule has 0 bridgehead atoms. The Morgan fingerprint density at radius 3 is 2.62 bits per heavy atom. The Balaban J connectivity index is 0.00000338. The van der Waals surface area contributed by atoms with E-state index in [-0.39, 0.29) is 24.0 Å². The van der Waals surface area contributed by atoms with Crippen molar-refractivity contribution in [3.05, 3.63) is 0 Å². The number of likely N-dealkylation sites (tertiary alicyclic amines) is 1. The van der Waals surface area contributed by atoms with E-state index in [0.717, 1.165) is 38.2 Å². The van der Waals surface area contributed by atoms with E-state index in [1.807, 2.05) is 7.05 Å². The molecule has 2 rings (SSSR count). The number of rotatable bonds is 9. The molecule has 26 heavy (non-hydrogen) atoms. The van der Waals surface area contributed by atoms with Crippen LogP contribution in [0, 0.1) is 5.92 Å². The Kier molecular flexibility index (Phi) is 12.8. The van der Waals surface area contributed by atoms with Crippen LogP contribution < -0.4 is 10.6 Å². The van der Waals surface area contributed by atoms with Gasteiger partial charge in [0.2, 0.25) is 0 Å². The Morgan fingerprint density at radius 2 is 2.00 bits per heavy atom. The number of nitrogens with zero attached hydrogens (tertiary/aromatic N) is 3. The third-order valence-corrected chi connectivity index (χ3v) is 5.37. The lowest BCUT2D eigenvalue weighted by Crippen LogP contribution is -2.50. The largest absolute Gasteiger partial charge is 0.381 e. The van der Waals surface area contributed by atoms with Crippen LogP contribution in [0.15, 0.2) is 4.99 Å². The summed E-state index contributed by atoms with van der Waals surface area (Å²) in [6.45, 7) is 10.9. The molecular formula is C19H40IN5O. The topological polar surface area (TPSA) is 52.1 Å². The van der Waals surface area contributed by atoms with Crippen LogP contribution in [0.2, 0.25) is 0 Å². The highest BCUT2D eigenvalue weighted by molar-refractivity contribution is 14.0. The van der Waals surface area contributed by atoms with E-state index >= 15 is 0 Å². The van der Waals surface area contributed by atoms with Gasteiger partial charge in [-0.2, -0.15) is 0 Å². The van der Waals surface area contributed by atoms with E-state index < -0.39 is 0 Å². The van der Waals surface area contributed by atoms with Crippen LogP contribution in [0.3, 0.4) is 0 Å². The van der Waals surface area contributed by atoms with Crippen LogP contribution in [-0.2, 0) is 4.74 Å². The van der Waals surface area contributed by atoms with E-state index in [2.05, 4.69) is 39.4 Å². The summed E-state index contributed by atoms with van der Waals surface area (Å²) in [5, 5.41) is 7.07. The summed E-state index contributed by atoms with van der Waals surface area (Å²) in [6.07, 6.45) is 6.17. The highest BCUT2D eigenvalue weighted by Crippen LogP contribution is 2.17. The molecule has 2 aliphatic heterocycles. The molecule has 0 aromatic rings. The van der Waals surface area contributed by atoms with Gasteiger partial charge in [-0.1, -0.05) is 13.3 Å². The van der Waals surface area contributed by atoms with Crippen molar-refractivity contribution in [2.75, 3.05) is 66.6 Å². The van der Waals surface area contributed by atoms with E-state index in [1.54, 1.807) is 0 Å². The lowest BCUT2D eigenvalue weighted by molar-refractivity contribution is 0.150. The van der Waals surface area contributed by atoms with Crippen molar-refractivity contribution in [1.82, 2.24) is 20.4 Å². The van der Waals surface area contributed by atoms with Crippen molar-refractivity contribution in [3.8, 4) is 0 Å². The van der Waals surface area contributed by atoms with E-state index in [1.165, 1.54) is 58.3 Å². The maximum atomic E-state index is 5.50. The number of halogens is 1. The zero-order chi connectivity index (χ0) is 17.9. The van der Waals surface area contributed by atoms with Gasteiger partial charge in [-0.15, -0.1) is 24.0 Å². The van der Waals surface area contributed by atoms with Crippen LogP contribution in [0.1, 0.15) is 39.0 Å². The summed E-state index contributed by atoms with van der Waals surface area (Å²) in [6, 6.07) is 0.542. The van der Waals surface area contributed by atoms with Crippen molar-refractivity contribution in [1.29, 1.82) is 0 Å². The molecule has 1 unspecified atom stereocenters. The molecule has 0 saturated carbocycles. The molecule has 6 nitrogen and oxygen atoms in total. The first kappa shape index (κ1) is 23.9. The normalized spacial score (nSPS) is 22.5. The molecule has 2 heterocycles. The SMILES string of the molecule is CCCCN(C)CCNC(=NC)NC1CCN(CC2CCOC2)CC1.I. The number of ether oxygens (including phenoxy) is 1.